The van der Waals surface area contributed by atoms with Crippen molar-refractivity contribution in [2.45, 2.75) is 13.0 Å². The molecule has 0 aliphatic rings. The Morgan fingerprint density at radius 1 is 1.25 bits per heavy atom. The van der Waals surface area contributed by atoms with Crippen molar-refractivity contribution in [2.75, 3.05) is 0 Å². The quantitative estimate of drug-likeness (QED) is 0.569. The summed E-state index contributed by atoms with van der Waals surface area (Å²) in [6.45, 7) is 2.08. The Labute approximate surface area is 121 Å². The minimum atomic E-state index is -0.120. The molecular formula is C14H15N5S. The van der Waals surface area contributed by atoms with Crippen LogP contribution in [0.15, 0.2) is 48.0 Å². The monoisotopic (exact) mass is 285 g/mol. The van der Waals surface area contributed by atoms with Gasteiger partial charge in [0.05, 0.1) is 23.6 Å². The molecule has 1 atom stereocenters. The number of thiophene rings is 1. The van der Waals surface area contributed by atoms with Crippen LogP contribution in [0.3, 0.4) is 0 Å². The Kier molecular flexibility index (Phi) is 3.60. The zero-order chi connectivity index (χ0) is 13.9. The van der Waals surface area contributed by atoms with Gasteiger partial charge in [0.25, 0.3) is 0 Å². The second kappa shape index (κ2) is 5.54. The number of nitrogens with one attached hydrogen (secondary N) is 1. The van der Waals surface area contributed by atoms with Crippen molar-refractivity contribution < 1.29 is 0 Å². The van der Waals surface area contributed by atoms with E-state index in [4.69, 9.17) is 5.84 Å². The van der Waals surface area contributed by atoms with Crippen LogP contribution in [-0.2, 0) is 0 Å². The van der Waals surface area contributed by atoms with Gasteiger partial charge in [0, 0.05) is 4.88 Å². The van der Waals surface area contributed by atoms with Gasteiger partial charge in [-0.1, -0.05) is 23.4 Å². The van der Waals surface area contributed by atoms with Crippen molar-refractivity contribution in [3.8, 4) is 5.69 Å². The second-order valence-electron chi connectivity index (χ2n) is 4.47. The van der Waals surface area contributed by atoms with Crippen LogP contribution in [0.2, 0.25) is 0 Å². The molecule has 2 aromatic heterocycles. The molecule has 0 aliphatic carbocycles. The van der Waals surface area contributed by atoms with E-state index in [2.05, 4.69) is 34.1 Å². The molecule has 6 heteroatoms. The Balaban J connectivity index is 2.07. The fourth-order valence-electron chi connectivity index (χ4n) is 2.19. The highest BCUT2D eigenvalue weighted by atomic mass is 32.1. The molecule has 1 unspecified atom stereocenters. The first kappa shape index (κ1) is 13.0. The number of nitrogens with zero attached hydrogens (tertiary/aromatic N) is 3. The summed E-state index contributed by atoms with van der Waals surface area (Å²) >= 11 is 1.67. The lowest BCUT2D eigenvalue weighted by Crippen LogP contribution is -2.30. The lowest BCUT2D eigenvalue weighted by molar-refractivity contribution is 0.601. The van der Waals surface area contributed by atoms with Gasteiger partial charge in [-0.3, -0.25) is 5.84 Å². The lowest BCUT2D eigenvalue weighted by atomic mass is 10.1. The lowest BCUT2D eigenvalue weighted by Gasteiger charge is -2.16. The summed E-state index contributed by atoms with van der Waals surface area (Å²) in [5, 5.41) is 10.3. The topological polar surface area (TPSA) is 68.8 Å². The highest BCUT2D eigenvalue weighted by Crippen LogP contribution is 2.29. The van der Waals surface area contributed by atoms with Crippen molar-refractivity contribution in [2.24, 2.45) is 5.84 Å². The highest BCUT2D eigenvalue weighted by Gasteiger charge is 2.21. The van der Waals surface area contributed by atoms with E-state index in [1.165, 1.54) is 10.4 Å². The van der Waals surface area contributed by atoms with Crippen LogP contribution in [0.1, 0.15) is 22.2 Å². The predicted octanol–water partition coefficient (Wildman–Crippen LogP) is 2.19. The number of hydrogen-bond acceptors (Lipinski definition) is 5. The van der Waals surface area contributed by atoms with Gasteiger partial charge in [-0.05, 0) is 36.1 Å². The molecule has 0 fully saturated rings. The molecule has 3 aromatic rings. The first-order valence-corrected chi connectivity index (χ1v) is 7.15. The summed E-state index contributed by atoms with van der Waals surface area (Å²) in [7, 11) is 0. The van der Waals surface area contributed by atoms with Gasteiger partial charge < -0.3 is 0 Å². The predicted molar refractivity (Wildman–Crippen MR) is 79.6 cm³/mol. The second-order valence-corrected chi connectivity index (χ2v) is 5.42. The maximum Gasteiger partial charge on any atom is 0.0993 e. The number of aryl methyl sites for hydroxylation is 1. The first-order chi connectivity index (χ1) is 9.81. The number of hydrogen-bond donors (Lipinski definition) is 2. The van der Waals surface area contributed by atoms with Gasteiger partial charge in [-0.15, -0.1) is 16.4 Å². The first-order valence-electron chi connectivity index (χ1n) is 6.27. The van der Waals surface area contributed by atoms with Crippen molar-refractivity contribution in [1.82, 2.24) is 20.4 Å². The van der Waals surface area contributed by atoms with Gasteiger partial charge in [0.1, 0.15) is 0 Å². The van der Waals surface area contributed by atoms with Gasteiger partial charge in [-0.2, -0.15) is 0 Å². The van der Waals surface area contributed by atoms with Crippen LogP contribution < -0.4 is 11.3 Å². The molecular weight excluding hydrogens is 270 g/mol. The number of para-hydroxylation sites is 1. The van der Waals surface area contributed by atoms with Gasteiger partial charge in [0.2, 0.25) is 0 Å². The average Bonchev–Trinajstić information content (AvgIpc) is 3.11. The zero-order valence-electron chi connectivity index (χ0n) is 11.0. The standard InChI is InChI=1S/C14H15N5S/c1-10-7-8-20-14(10)13(17-15)12-9-16-18-19(12)11-5-3-2-4-6-11/h2-9,13,17H,15H2,1H3. The van der Waals surface area contributed by atoms with Crippen molar-refractivity contribution in [1.29, 1.82) is 0 Å². The third kappa shape index (κ3) is 2.24. The molecule has 20 heavy (non-hydrogen) atoms. The van der Waals surface area contributed by atoms with Crippen molar-refractivity contribution >= 4 is 11.3 Å². The van der Waals surface area contributed by atoms with Crippen molar-refractivity contribution in [3.63, 3.8) is 0 Å². The minimum Gasteiger partial charge on any atom is -0.270 e. The minimum absolute atomic E-state index is 0.120. The largest absolute Gasteiger partial charge is 0.270 e. The molecule has 5 nitrogen and oxygen atoms in total. The number of hydrazine groups is 1. The van der Waals surface area contributed by atoms with Gasteiger partial charge in [0.15, 0.2) is 0 Å². The number of benzene rings is 1. The molecule has 1 aromatic carbocycles. The molecule has 0 bridgehead atoms. The van der Waals surface area contributed by atoms with E-state index in [-0.39, 0.29) is 6.04 Å². The SMILES string of the molecule is Cc1ccsc1C(NN)c1cnnn1-c1ccccc1. The summed E-state index contributed by atoms with van der Waals surface area (Å²) in [6, 6.07) is 11.9. The molecule has 0 radical (unpaired) electrons. The molecule has 3 rings (SSSR count). The smallest absolute Gasteiger partial charge is 0.0993 e. The summed E-state index contributed by atoms with van der Waals surface area (Å²) in [6.07, 6.45) is 1.75. The summed E-state index contributed by atoms with van der Waals surface area (Å²) in [5.41, 5.74) is 5.96. The summed E-state index contributed by atoms with van der Waals surface area (Å²) in [5.74, 6) is 5.76. The molecule has 2 heterocycles. The summed E-state index contributed by atoms with van der Waals surface area (Å²) in [4.78, 5) is 1.17. The Hall–Kier alpha value is -2.02. The Morgan fingerprint density at radius 3 is 2.70 bits per heavy atom. The number of rotatable bonds is 4. The van der Waals surface area contributed by atoms with E-state index in [0.29, 0.717) is 0 Å². The van der Waals surface area contributed by atoms with E-state index in [1.807, 2.05) is 35.0 Å². The zero-order valence-corrected chi connectivity index (χ0v) is 11.8. The van der Waals surface area contributed by atoms with Crippen LogP contribution in [-0.4, -0.2) is 15.0 Å². The van der Waals surface area contributed by atoms with Crippen LogP contribution in [0.25, 0.3) is 5.69 Å². The molecule has 0 aliphatic heterocycles. The fraction of sp³-hybridized carbons (Fsp3) is 0.143. The van der Waals surface area contributed by atoms with Crippen LogP contribution in [0.4, 0.5) is 0 Å². The molecule has 102 valence electrons. The van der Waals surface area contributed by atoms with Crippen LogP contribution >= 0.6 is 11.3 Å². The molecule has 0 amide bonds. The van der Waals surface area contributed by atoms with E-state index in [1.54, 1.807) is 17.5 Å². The van der Waals surface area contributed by atoms with Crippen LogP contribution in [0, 0.1) is 6.92 Å². The van der Waals surface area contributed by atoms with E-state index in [0.717, 1.165) is 11.4 Å². The van der Waals surface area contributed by atoms with E-state index in [9.17, 15) is 0 Å². The van der Waals surface area contributed by atoms with Crippen LogP contribution in [0.5, 0.6) is 0 Å². The van der Waals surface area contributed by atoms with Crippen molar-refractivity contribution in [3.05, 3.63) is 64.1 Å². The highest BCUT2D eigenvalue weighted by molar-refractivity contribution is 7.10. The maximum atomic E-state index is 5.76. The third-order valence-electron chi connectivity index (χ3n) is 3.20. The molecule has 0 spiro atoms. The molecule has 3 N–H and O–H groups in total. The number of nitrogens with two attached hydrogens (primary N) is 1. The van der Waals surface area contributed by atoms with E-state index >= 15 is 0 Å². The molecule has 0 saturated heterocycles. The third-order valence-corrected chi connectivity index (χ3v) is 4.29. The van der Waals surface area contributed by atoms with E-state index < -0.39 is 0 Å². The summed E-state index contributed by atoms with van der Waals surface area (Å²) < 4.78 is 1.81. The van der Waals surface area contributed by atoms with Gasteiger partial charge >= 0.3 is 0 Å². The number of aromatic nitrogens is 3. The maximum absolute atomic E-state index is 5.76. The Bertz CT molecular complexity index is 688. The normalized spacial score (nSPS) is 12.5. The molecule has 0 saturated carbocycles. The average molecular weight is 285 g/mol. The van der Waals surface area contributed by atoms with Gasteiger partial charge in [-0.25, -0.2) is 10.1 Å². The Morgan fingerprint density at radius 2 is 2.05 bits per heavy atom. The fourth-order valence-corrected chi connectivity index (χ4v) is 3.18.